The summed E-state index contributed by atoms with van der Waals surface area (Å²) in [6.07, 6.45) is 4.01. The maximum absolute atomic E-state index is 13.5. The number of piperidine rings is 1. The van der Waals surface area contributed by atoms with Crippen LogP contribution < -0.4 is 15.8 Å². The van der Waals surface area contributed by atoms with Gasteiger partial charge in [-0.25, -0.2) is 8.42 Å². The van der Waals surface area contributed by atoms with Gasteiger partial charge in [0.1, 0.15) is 10.9 Å². The molecule has 0 aromatic heterocycles. The van der Waals surface area contributed by atoms with Crippen molar-refractivity contribution in [1.29, 1.82) is 0 Å². The van der Waals surface area contributed by atoms with Crippen LogP contribution in [0.4, 0.5) is 5.69 Å². The van der Waals surface area contributed by atoms with Crippen molar-refractivity contribution >= 4 is 39.3 Å². The molecule has 11 heteroatoms. The number of rotatable bonds is 12. The molecule has 2 heterocycles. The van der Waals surface area contributed by atoms with Crippen LogP contribution in [0.2, 0.25) is 0 Å². The lowest BCUT2D eigenvalue weighted by Crippen LogP contribution is -2.52. The number of nitrogens with zero attached hydrogens (tertiary/aromatic N) is 1. The summed E-state index contributed by atoms with van der Waals surface area (Å²) in [5.41, 5.74) is 7.22. The molecule has 1 fully saturated rings. The number of sulfonamides is 1. The predicted molar refractivity (Wildman–Crippen MR) is 143 cm³/mol. The second-order valence-corrected chi connectivity index (χ2v) is 12.6. The number of anilines is 1. The summed E-state index contributed by atoms with van der Waals surface area (Å²) in [4.78, 5) is 26.4. The van der Waals surface area contributed by atoms with E-state index >= 15 is 0 Å². The summed E-state index contributed by atoms with van der Waals surface area (Å²) in [5, 5.41) is 3.28. The van der Waals surface area contributed by atoms with Gasteiger partial charge < -0.3 is 20.7 Å². The number of carbonyl (C=O) groups excluding carboxylic acids is 2. The molecule has 2 aliphatic rings. The molecule has 0 radical (unpaired) electrons. The van der Waals surface area contributed by atoms with Crippen LogP contribution in [0.5, 0.6) is 0 Å². The van der Waals surface area contributed by atoms with E-state index in [9.17, 15) is 18.0 Å². The fourth-order valence-electron chi connectivity index (χ4n) is 4.72. The fourth-order valence-corrected chi connectivity index (χ4v) is 7.24. The Bertz CT molecular complexity index is 996. The van der Waals surface area contributed by atoms with Crippen LogP contribution in [0.3, 0.4) is 0 Å². The zero-order chi connectivity index (χ0) is 26.1. The van der Waals surface area contributed by atoms with E-state index in [4.69, 9.17) is 10.5 Å². The zero-order valence-electron chi connectivity index (χ0n) is 21.3. The standard InChI is InChI=1S/C25H40N4O5S2/c1-18-15-21-5-3-6-23(24(21)27-16-18)36(32,33)28-22(17-35-14-4-10-26)25(31)29-11-7-20(8-12-29)9-13-34-19(2)30/h3,5-6,18,20,22,27-28H,4,7-17,26H2,1-2H3/t18-,22?/m1/s1. The van der Waals surface area contributed by atoms with E-state index in [2.05, 4.69) is 17.0 Å². The van der Waals surface area contributed by atoms with Gasteiger partial charge in [0, 0.05) is 32.3 Å². The Balaban J connectivity index is 1.69. The minimum atomic E-state index is -3.92. The number of amides is 1. The lowest BCUT2D eigenvalue weighted by molar-refractivity contribution is -0.141. The normalized spacial score (nSPS) is 19.3. The third-order valence-electron chi connectivity index (χ3n) is 6.73. The van der Waals surface area contributed by atoms with E-state index in [-0.39, 0.29) is 16.8 Å². The average Bonchev–Trinajstić information content (AvgIpc) is 2.85. The summed E-state index contributed by atoms with van der Waals surface area (Å²) in [6, 6.07) is 4.46. The Morgan fingerprint density at radius 1 is 1.31 bits per heavy atom. The molecule has 36 heavy (non-hydrogen) atoms. The number of para-hydroxylation sites is 1. The summed E-state index contributed by atoms with van der Waals surface area (Å²) in [7, 11) is -3.92. The van der Waals surface area contributed by atoms with Gasteiger partial charge in [0.05, 0.1) is 12.3 Å². The smallest absolute Gasteiger partial charge is 0.302 e. The van der Waals surface area contributed by atoms with Crippen molar-refractivity contribution < 1.29 is 22.7 Å². The molecular weight excluding hydrogens is 500 g/mol. The van der Waals surface area contributed by atoms with E-state index in [0.29, 0.717) is 56.1 Å². The summed E-state index contributed by atoms with van der Waals surface area (Å²) >= 11 is 1.54. The SMILES string of the molecule is CC(=O)OCCC1CCN(C(=O)C(CSCCCN)NS(=O)(=O)c2cccc3c2NC[C@H](C)C3)CC1. The Morgan fingerprint density at radius 3 is 2.75 bits per heavy atom. The Morgan fingerprint density at radius 2 is 2.06 bits per heavy atom. The largest absolute Gasteiger partial charge is 0.466 e. The number of hydrogen-bond acceptors (Lipinski definition) is 8. The molecule has 0 saturated carbocycles. The predicted octanol–water partition coefficient (Wildman–Crippen LogP) is 2.21. The van der Waals surface area contributed by atoms with Gasteiger partial charge in [0.15, 0.2) is 0 Å². The highest BCUT2D eigenvalue weighted by Crippen LogP contribution is 2.31. The highest BCUT2D eigenvalue weighted by molar-refractivity contribution is 7.99. The van der Waals surface area contributed by atoms with Crippen molar-refractivity contribution in [3.05, 3.63) is 23.8 Å². The molecule has 0 bridgehead atoms. The Hall–Kier alpha value is -1.82. The summed E-state index contributed by atoms with van der Waals surface area (Å²) < 4.78 is 34.8. The molecule has 1 saturated heterocycles. The number of likely N-dealkylation sites (tertiary alicyclic amines) is 1. The number of nitrogens with one attached hydrogen (secondary N) is 2. The van der Waals surface area contributed by atoms with Gasteiger partial charge in [-0.05, 0) is 67.9 Å². The number of ether oxygens (including phenoxy) is 1. The quantitative estimate of drug-likeness (QED) is 0.272. The highest BCUT2D eigenvalue weighted by Gasteiger charge is 2.33. The van der Waals surface area contributed by atoms with Crippen LogP contribution in [0.15, 0.2) is 23.1 Å². The molecule has 3 rings (SSSR count). The van der Waals surface area contributed by atoms with Gasteiger partial charge >= 0.3 is 5.97 Å². The fraction of sp³-hybridized carbons (Fsp3) is 0.680. The van der Waals surface area contributed by atoms with Crippen molar-refractivity contribution in [2.24, 2.45) is 17.6 Å². The second kappa shape index (κ2) is 13.6. The van der Waals surface area contributed by atoms with E-state index < -0.39 is 16.1 Å². The monoisotopic (exact) mass is 540 g/mol. The van der Waals surface area contributed by atoms with Crippen LogP contribution in [0, 0.1) is 11.8 Å². The van der Waals surface area contributed by atoms with Crippen molar-refractivity contribution in [2.75, 3.05) is 49.6 Å². The van der Waals surface area contributed by atoms with Crippen LogP contribution in [0.25, 0.3) is 0 Å². The van der Waals surface area contributed by atoms with Crippen LogP contribution >= 0.6 is 11.8 Å². The number of thioether (sulfide) groups is 1. The lowest BCUT2D eigenvalue weighted by atomic mass is 9.93. The first kappa shape index (κ1) is 28.7. The number of esters is 1. The molecule has 202 valence electrons. The third-order valence-corrected chi connectivity index (χ3v) is 9.39. The van der Waals surface area contributed by atoms with Crippen LogP contribution in [0.1, 0.15) is 45.1 Å². The molecule has 9 nitrogen and oxygen atoms in total. The van der Waals surface area contributed by atoms with Gasteiger partial charge in [-0.1, -0.05) is 19.1 Å². The molecule has 0 spiro atoms. The molecule has 1 amide bonds. The maximum atomic E-state index is 13.5. The maximum Gasteiger partial charge on any atom is 0.302 e. The number of hydrogen-bond donors (Lipinski definition) is 3. The molecule has 4 N–H and O–H groups in total. The molecule has 1 aromatic carbocycles. The van der Waals surface area contributed by atoms with Gasteiger partial charge in [-0.15, -0.1) is 0 Å². The number of carbonyl (C=O) groups is 2. The van der Waals surface area contributed by atoms with Crippen molar-refractivity contribution in [1.82, 2.24) is 9.62 Å². The third kappa shape index (κ3) is 8.09. The van der Waals surface area contributed by atoms with Gasteiger partial charge in [-0.3, -0.25) is 9.59 Å². The average molecular weight is 541 g/mol. The minimum Gasteiger partial charge on any atom is -0.466 e. The summed E-state index contributed by atoms with van der Waals surface area (Å²) in [5.74, 6) is 1.45. The van der Waals surface area contributed by atoms with E-state index in [0.717, 1.165) is 43.4 Å². The molecule has 2 atom stereocenters. The number of fused-ring (bicyclic) bond motifs is 1. The van der Waals surface area contributed by atoms with Gasteiger partial charge in [-0.2, -0.15) is 16.5 Å². The van der Waals surface area contributed by atoms with Gasteiger partial charge in [0.2, 0.25) is 15.9 Å². The van der Waals surface area contributed by atoms with Crippen LogP contribution in [-0.2, 0) is 30.8 Å². The Labute approximate surface area is 219 Å². The summed E-state index contributed by atoms with van der Waals surface area (Å²) in [6.45, 7) is 6.31. The topological polar surface area (TPSA) is 131 Å². The first-order valence-electron chi connectivity index (χ1n) is 12.8. The molecular formula is C25H40N4O5S2. The lowest BCUT2D eigenvalue weighted by Gasteiger charge is -2.34. The molecule has 0 aliphatic carbocycles. The van der Waals surface area contributed by atoms with Crippen molar-refractivity contribution in [3.8, 4) is 0 Å². The Kier molecular flexibility index (Phi) is 10.9. The van der Waals surface area contributed by atoms with Crippen molar-refractivity contribution in [2.45, 2.75) is 56.9 Å². The van der Waals surface area contributed by atoms with Crippen LogP contribution in [-0.4, -0.2) is 75.5 Å². The molecule has 1 unspecified atom stereocenters. The van der Waals surface area contributed by atoms with Crippen molar-refractivity contribution in [3.63, 3.8) is 0 Å². The first-order valence-corrected chi connectivity index (χ1v) is 15.4. The van der Waals surface area contributed by atoms with E-state index in [1.165, 1.54) is 18.7 Å². The molecule has 1 aromatic rings. The zero-order valence-corrected chi connectivity index (χ0v) is 23.0. The number of nitrogens with two attached hydrogens (primary N) is 1. The minimum absolute atomic E-state index is 0.191. The molecule has 2 aliphatic heterocycles. The highest BCUT2D eigenvalue weighted by atomic mass is 32.2. The first-order chi connectivity index (χ1) is 17.2. The number of benzene rings is 1. The van der Waals surface area contributed by atoms with Gasteiger partial charge in [0.25, 0.3) is 0 Å². The van der Waals surface area contributed by atoms with E-state index in [1.807, 2.05) is 6.07 Å². The van der Waals surface area contributed by atoms with E-state index in [1.54, 1.807) is 17.0 Å². The second-order valence-electron chi connectivity index (χ2n) is 9.77.